The fraction of sp³-hybridized carbons (Fsp3) is 0.211. The second-order valence-electron chi connectivity index (χ2n) is 5.88. The number of alkyl halides is 3. The Kier molecular flexibility index (Phi) is 3.84. The molecule has 1 nitrogen and oxygen atoms in total. The number of hydrogen-bond acceptors (Lipinski definition) is 1. The molecule has 118 valence electrons. The van der Waals surface area contributed by atoms with E-state index < -0.39 is 12.6 Å². The summed E-state index contributed by atoms with van der Waals surface area (Å²) in [4.78, 5) is 4.44. The number of aryl methyl sites for hydroxylation is 2. The van der Waals surface area contributed by atoms with Crippen molar-refractivity contribution in [2.45, 2.75) is 26.4 Å². The summed E-state index contributed by atoms with van der Waals surface area (Å²) in [6, 6.07) is 12.8. The van der Waals surface area contributed by atoms with Gasteiger partial charge < -0.3 is 0 Å². The first-order valence-electron chi connectivity index (χ1n) is 7.35. The molecule has 23 heavy (non-hydrogen) atoms. The number of hydrogen-bond donors (Lipinski definition) is 0. The van der Waals surface area contributed by atoms with Crippen molar-refractivity contribution in [1.29, 1.82) is 0 Å². The van der Waals surface area contributed by atoms with Gasteiger partial charge in [0.15, 0.2) is 0 Å². The van der Waals surface area contributed by atoms with Crippen LogP contribution in [-0.4, -0.2) is 11.2 Å². The number of pyridine rings is 1. The molecule has 0 fully saturated rings. The van der Waals surface area contributed by atoms with Crippen LogP contribution in [0, 0.1) is 13.8 Å². The van der Waals surface area contributed by atoms with Gasteiger partial charge in [0.25, 0.3) is 0 Å². The van der Waals surface area contributed by atoms with Crippen molar-refractivity contribution in [1.82, 2.24) is 4.98 Å². The van der Waals surface area contributed by atoms with Crippen LogP contribution in [-0.2, 0) is 6.42 Å². The second-order valence-corrected chi connectivity index (χ2v) is 5.88. The van der Waals surface area contributed by atoms with Crippen LogP contribution < -0.4 is 0 Å². The molecular formula is C19H16F3N. The maximum atomic E-state index is 12.6. The van der Waals surface area contributed by atoms with Crippen molar-refractivity contribution in [3.63, 3.8) is 0 Å². The van der Waals surface area contributed by atoms with E-state index in [0.29, 0.717) is 0 Å². The molecule has 0 radical (unpaired) electrons. The van der Waals surface area contributed by atoms with Crippen molar-refractivity contribution in [2.24, 2.45) is 0 Å². The average molecular weight is 315 g/mol. The molecule has 2 aromatic carbocycles. The van der Waals surface area contributed by atoms with Gasteiger partial charge in [-0.15, -0.1) is 0 Å². The molecule has 0 bridgehead atoms. The van der Waals surface area contributed by atoms with Crippen LogP contribution in [0.1, 0.15) is 16.7 Å². The Labute approximate surface area is 132 Å². The number of nitrogens with zero attached hydrogens (tertiary/aromatic N) is 1. The van der Waals surface area contributed by atoms with Crippen LogP contribution in [0.15, 0.2) is 48.7 Å². The number of halogens is 3. The van der Waals surface area contributed by atoms with Gasteiger partial charge in [-0.1, -0.05) is 35.4 Å². The summed E-state index contributed by atoms with van der Waals surface area (Å²) >= 11 is 0. The predicted octanol–water partition coefficient (Wildman–Crippen LogP) is 5.62. The zero-order valence-corrected chi connectivity index (χ0v) is 12.9. The van der Waals surface area contributed by atoms with E-state index >= 15 is 0 Å². The summed E-state index contributed by atoms with van der Waals surface area (Å²) in [5.41, 5.74) is 4.31. The van der Waals surface area contributed by atoms with E-state index in [2.05, 4.69) is 11.1 Å². The molecule has 0 saturated heterocycles. The molecule has 4 heteroatoms. The van der Waals surface area contributed by atoms with Gasteiger partial charge in [-0.3, -0.25) is 4.98 Å². The molecule has 0 aliphatic carbocycles. The van der Waals surface area contributed by atoms with Crippen LogP contribution in [0.25, 0.3) is 22.0 Å². The molecule has 0 saturated carbocycles. The topological polar surface area (TPSA) is 12.9 Å². The first-order chi connectivity index (χ1) is 10.8. The summed E-state index contributed by atoms with van der Waals surface area (Å²) in [5.74, 6) is 0. The van der Waals surface area contributed by atoms with E-state index in [1.54, 1.807) is 24.4 Å². The molecule has 0 N–H and O–H groups in total. The van der Waals surface area contributed by atoms with E-state index in [1.807, 2.05) is 26.0 Å². The largest absolute Gasteiger partial charge is 0.393 e. The molecule has 1 heterocycles. The summed E-state index contributed by atoms with van der Waals surface area (Å²) in [6.45, 7) is 4.03. The fourth-order valence-corrected chi connectivity index (χ4v) is 2.91. The van der Waals surface area contributed by atoms with E-state index in [0.717, 1.165) is 33.2 Å². The molecule has 0 amide bonds. The maximum Gasteiger partial charge on any atom is 0.393 e. The number of benzene rings is 2. The number of rotatable bonds is 2. The Bertz CT molecular complexity index is 846. The highest BCUT2D eigenvalue weighted by Crippen LogP contribution is 2.30. The Morgan fingerprint density at radius 2 is 1.61 bits per heavy atom. The van der Waals surface area contributed by atoms with Crippen molar-refractivity contribution in [3.8, 4) is 11.3 Å². The molecule has 0 atom stereocenters. The van der Waals surface area contributed by atoms with Crippen LogP contribution in [0.4, 0.5) is 13.2 Å². The molecule has 1 aromatic heterocycles. The van der Waals surface area contributed by atoms with Crippen LogP contribution in [0.3, 0.4) is 0 Å². The smallest absolute Gasteiger partial charge is 0.256 e. The van der Waals surface area contributed by atoms with Gasteiger partial charge in [0.05, 0.1) is 12.1 Å². The minimum Gasteiger partial charge on any atom is -0.256 e. The van der Waals surface area contributed by atoms with E-state index in [4.69, 9.17) is 0 Å². The molecule has 0 unspecified atom stereocenters. The number of aromatic nitrogens is 1. The van der Waals surface area contributed by atoms with Crippen molar-refractivity contribution in [3.05, 3.63) is 65.4 Å². The van der Waals surface area contributed by atoms with Crippen molar-refractivity contribution in [2.75, 3.05) is 0 Å². The Morgan fingerprint density at radius 3 is 2.26 bits per heavy atom. The minimum atomic E-state index is -4.20. The third-order valence-electron chi connectivity index (χ3n) is 3.73. The van der Waals surface area contributed by atoms with Crippen molar-refractivity contribution < 1.29 is 13.2 Å². The Morgan fingerprint density at radius 1 is 0.913 bits per heavy atom. The van der Waals surface area contributed by atoms with Gasteiger partial charge in [-0.25, -0.2) is 0 Å². The van der Waals surface area contributed by atoms with Crippen LogP contribution in [0.2, 0.25) is 0 Å². The fourth-order valence-electron chi connectivity index (χ4n) is 2.91. The predicted molar refractivity (Wildman–Crippen MR) is 86.4 cm³/mol. The first-order valence-corrected chi connectivity index (χ1v) is 7.35. The van der Waals surface area contributed by atoms with Gasteiger partial charge in [0.1, 0.15) is 0 Å². The van der Waals surface area contributed by atoms with Gasteiger partial charge in [0.2, 0.25) is 0 Å². The van der Waals surface area contributed by atoms with Gasteiger partial charge in [0, 0.05) is 17.1 Å². The highest BCUT2D eigenvalue weighted by Gasteiger charge is 2.27. The SMILES string of the molecule is Cc1cc(C)cc(-c2nccc3cc(CC(F)(F)F)ccc23)c1. The minimum absolute atomic E-state index is 0.266. The standard InChI is InChI=1S/C19H16F3N/c1-12-7-13(2)9-16(8-12)18-17-4-3-14(11-19(20,21)22)10-15(17)5-6-23-18/h3-10H,11H2,1-2H3. The van der Waals surface area contributed by atoms with E-state index in [1.165, 1.54) is 6.07 Å². The normalized spacial score (nSPS) is 11.9. The van der Waals surface area contributed by atoms with E-state index in [9.17, 15) is 13.2 Å². The Balaban J connectivity index is 2.12. The zero-order valence-electron chi connectivity index (χ0n) is 12.9. The molecule has 0 aliphatic heterocycles. The zero-order chi connectivity index (χ0) is 16.6. The maximum absolute atomic E-state index is 12.6. The van der Waals surface area contributed by atoms with E-state index in [-0.39, 0.29) is 5.56 Å². The third kappa shape index (κ3) is 3.52. The average Bonchev–Trinajstić information content (AvgIpc) is 2.43. The highest BCUT2D eigenvalue weighted by atomic mass is 19.4. The highest BCUT2D eigenvalue weighted by molar-refractivity contribution is 5.95. The summed E-state index contributed by atoms with van der Waals surface area (Å²) in [7, 11) is 0. The molecule has 0 spiro atoms. The third-order valence-corrected chi connectivity index (χ3v) is 3.73. The lowest BCUT2D eigenvalue weighted by Crippen LogP contribution is -2.11. The summed E-state index contributed by atoms with van der Waals surface area (Å²) < 4.78 is 37.7. The molecule has 3 rings (SSSR count). The van der Waals surface area contributed by atoms with Gasteiger partial charge in [-0.2, -0.15) is 13.2 Å². The molecule has 0 aliphatic rings. The van der Waals surface area contributed by atoms with Gasteiger partial charge >= 0.3 is 6.18 Å². The van der Waals surface area contributed by atoms with Gasteiger partial charge in [-0.05, 0) is 43.0 Å². The molecular weight excluding hydrogens is 299 g/mol. The lowest BCUT2D eigenvalue weighted by atomic mass is 9.98. The van der Waals surface area contributed by atoms with Crippen molar-refractivity contribution >= 4 is 10.8 Å². The lowest BCUT2D eigenvalue weighted by molar-refractivity contribution is -0.127. The summed E-state index contributed by atoms with van der Waals surface area (Å²) in [6.07, 6.45) is -3.46. The first kappa shape index (κ1) is 15.5. The Hall–Kier alpha value is -2.36. The monoisotopic (exact) mass is 315 g/mol. The number of fused-ring (bicyclic) bond motifs is 1. The lowest BCUT2D eigenvalue weighted by Gasteiger charge is -2.11. The summed E-state index contributed by atoms with van der Waals surface area (Å²) in [5, 5.41) is 1.64. The quantitative estimate of drug-likeness (QED) is 0.598. The van der Waals surface area contributed by atoms with Crippen LogP contribution in [0.5, 0.6) is 0 Å². The van der Waals surface area contributed by atoms with Crippen LogP contribution >= 0.6 is 0 Å². The second kappa shape index (κ2) is 5.69. The molecule has 3 aromatic rings.